The second-order valence-electron chi connectivity index (χ2n) is 1.17. The van der Waals surface area contributed by atoms with Crippen molar-refractivity contribution in [2.45, 2.75) is 5.25 Å². The number of carboxylic acid groups (broad SMARTS) is 1. The van der Waals surface area contributed by atoms with Crippen molar-refractivity contribution in [3.8, 4) is 0 Å². The van der Waals surface area contributed by atoms with Gasteiger partial charge in [-0.3, -0.25) is 4.79 Å². The molecular formula is C3H5NO3S. The van der Waals surface area contributed by atoms with E-state index in [0.717, 1.165) is 0 Å². The van der Waals surface area contributed by atoms with Crippen LogP contribution in [0.2, 0.25) is 0 Å². The van der Waals surface area contributed by atoms with Gasteiger partial charge in [0.1, 0.15) is 11.8 Å². The molecule has 0 radical (unpaired) electrons. The first-order valence-electron chi connectivity index (χ1n) is 1.88. The lowest BCUT2D eigenvalue weighted by atomic mass is 10.4. The van der Waals surface area contributed by atoms with Crippen molar-refractivity contribution in [3.63, 3.8) is 0 Å². The molecule has 1 N–H and O–H groups in total. The lowest BCUT2D eigenvalue weighted by Gasteiger charge is -1.94. The molecule has 8 heavy (non-hydrogen) atoms. The van der Waals surface area contributed by atoms with Crippen molar-refractivity contribution in [1.29, 1.82) is 0 Å². The van der Waals surface area contributed by atoms with E-state index in [1.807, 2.05) is 0 Å². The minimum atomic E-state index is -1.12. The summed E-state index contributed by atoms with van der Waals surface area (Å²) in [5, 5.41) is 9.44. The summed E-state index contributed by atoms with van der Waals surface area (Å²) in [6.07, 6.45) is 0. The maximum absolute atomic E-state index is 9.81. The number of carbonyl (C=O) groups is 1. The predicted octanol–water partition coefficient (Wildman–Crippen LogP) is 0.136. The first kappa shape index (κ1) is 7.42. The number of nitroso groups, excluding NO2 is 1. The minimum absolute atomic E-state index is 0.279. The van der Waals surface area contributed by atoms with Gasteiger partial charge in [-0.2, -0.15) is 17.5 Å². The highest BCUT2D eigenvalue weighted by Gasteiger charge is 2.10. The Labute approximate surface area is 51.3 Å². The van der Waals surface area contributed by atoms with Crippen molar-refractivity contribution in [2.24, 2.45) is 5.18 Å². The lowest BCUT2D eigenvalue weighted by Crippen LogP contribution is -2.15. The zero-order chi connectivity index (χ0) is 6.57. The third-order valence-electron chi connectivity index (χ3n) is 0.533. The highest BCUT2D eigenvalue weighted by Crippen LogP contribution is 1.93. The molecule has 0 saturated heterocycles. The largest absolute Gasteiger partial charge is 0.480 e. The van der Waals surface area contributed by atoms with Gasteiger partial charge in [-0.05, 0) is 0 Å². The molecule has 0 amide bonds. The summed E-state index contributed by atoms with van der Waals surface area (Å²) in [5.74, 6) is -1.12. The van der Waals surface area contributed by atoms with Crippen LogP contribution in [0.25, 0.3) is 0 Å². The van der Waals surface area contributed by atoms with Crippen molar-refractivity contribution in [1.82, 2.24) is 0 Å². The van der Waals surface area contributed by atoms with E-state index in [9.17, 15) is 9.70 Å². The number of rotatable bonds is 3. The van der Waals surface area contributed by atoms with Crippen molar-refractivity contribution >= 4 is 18.6 Å². The Morgan fingerprint density at radius 1 is 1.88 bits per heavy atom. The zero-order valence-corrected chi connectivity index (χ0v) is 4.84. The quantitative estimate of drug-likeness (QED) is 0.427. The van der Waals surface area contributed by atoms with E-state index >= 15 is 0 Å². The van der Waals surface area contributed by atoms with Crippen molar-refractivity contribution < 1.29 is 9.90 Å². The second kappa shape index (κ2) is 3.43. The molecule has 0 fully saturated rings. The highest BCUT2D eigenvalue weighted by molar-refractivity contribution is 7.81. The van der Waals surface area contributed by atoms with E-state index in [2.05, 4.69) is 17.8 Å². The Morgan fingerprint density at radius 3 is 2.50 bits per heavy atom. The second-order valence-corrected chi connectivity index (χ2v) is 1.79. The fraction of sp³-hybridized carbons (Fsp3) is 0.667. The van der Waals surface area contributed by atoms with E-state index in [0.29, 0.717) is 0 Å². The van der Waals surface area contributed by atoms with E-state index in [1.54, 1.807) is 0 Å². The van der Waals surface area contributed by atoms with Gasteiger partial charge in [0.15, 0.2) is 0 Å². The molecule has 0 bridgehead atoms. The van der Waals surface area contributed by atoms with Crippen LogP contribution in [0.4, 0.5) is 0 Å². The van der Waals surface area contributed by atoms with Crippen LogP contribution >= 0.6 is 12.6 Å². The average Bonchev–Trinajstić information content (AvgIpc) is 1.67. The van der Waals surface area contributed by atoms with E-state index in [1.165, 1.54) is 0 Å². The summed E-state index contributed by atoms with van der Waals surface area (Å²) in [5.41, 5.74) is 0. The Bertz CT molecular complexity index is 105. The summed E-state index contributed by atoms with van der Waals surface area (Å²) in [7, 11) is 0. The maximum atomic E-state index is 9.81. The van der Waals surface area contributed by atoms with Gasteiger partial charge in [0, 0.05) is 0 Å². The molecule has 5 heteroatoms. The third kappa shape index (κ3) is 2.57. The molecule has 1 unspecified atom stereocenters. The number of nitrogens with zero attached hydrogens (tertiary/aromatic N) is 1. The lowest BCUT2D eigenvalue weighted by molar-refractivity contribution is -0.136. The van der Waals surface area contributed by atoms with Gasteiger partial charge in [0.05, 0.1) is 0 Å². The summed E-state index contributed by atoms with van der Waals surface area (Å²) in [4.78, 5) is 19.2. The number of aliphatic carboxylic acids is 1. The zero-order valence-electron chi connectivity index (χ0n) is 3.94. The molecule has 4 nitrogen and oxygen atoms in total. The first-order valence-corrected chi connectivity index (χ1v) is 2.40. The number of hydrogen-bond donors (Lipinski definition) is 2. The van der Waals surface area contributed by atoms with Gasteiger partial charge < -0.3 is 5.11 Å². The van der Waals surface area contributed by atoms with Crippen LogP contribution in [0.3, 0.4) is 0 Å². The van der Waals surface area contributed by atoms with Gasteiger partial charge in [-0.25, -0.2) is 0 Å². The molecule has 0 aliphatic heterocycles. The standard InChI is InChI=1S/C3H5NO3S/c5-3(6)2(8)1-4-7/h2,8H,1H2,(H,5,6). The SMILES string of the molecule is O=NCC(S)C(=O)O. The number of carboxylic acids is 1. The molecule has 0 aromatic carbocycles. The van der Waals surface area contributed by atoms with Crippen LogP contribution in [0, 0.1) is 4.91 Å². The van der Waals surface area contributed by atoms with E-state index in [4.69, 9.17) is 5.11 Å². The van der Waals surface area contributed by atoms with Crippen LogP contribution in [0.15, 0.2) is 5.18 Å². The summed E-state index contributed by atoms with van der Waals surface area (Å²) in [6.45, 7) is -0.279. The molecule has 0 aromatic rings. The van der Waals surface area contributed by atoms with Crippen LogP contribution in [-0.2, 0) is 4.79 Å². The first-order chi connectivity index (χ1) is 3.68. The van der Waals surface area contributed by atoms with Gasteiger partial charge in [-0.1, -0.05) is 5.18 Å². The molecule has 1 atom stereocenters. The predicted molar refractivity (Wildman–Crippen MR) is 31.1 cm³/mol. The summed E-state index contributed by atoms with van der Waals surface area (Å²) in [6, 6.07) is 0. The molecule has 0 aliphatic rings. The van der Waals surface area contributed by atoms with Crippen molar-refractivity contribution in [2.75, 3.05) is 6.54 Å². The minimum Gasteiger partial charge on any atom is -0.480 e. The highest BCUT2D eigenvalue weighted by atomic mass is 32.1. The van der Waals surface area contributed by atoms with E-state index in [-0.39, 0.29) is 6.54 Å². The summed E-state index contributed by atoms with van der Waals surface area (Å²) < 4.78 is 0. The topological polar surface area (TPSA) is 66.7 Å². The van der Waals surface area contributed by atoms with Crippen LogP contribution in [0.1, 0.15) is 0 Å². The fourth-order valence-corrected chi connectivity index (χ4v) is 0.215. The van der Waals surface area contributed by atoms with Gasteiger partial charge in [0.2, 0.25) is 0 Å². The van der Waals surface area contributed by atoms with Crippen LogP contribution in [-0.4, -0.2) is 22.9 Å². The Kier molecular flexibility index (Phi) is 3.18. The van der Waals surface area contributed by atoms with Crippen LogP contribution in [0.5, 0.6) is 0 Å². The Balaban J connectivity index is 3.46. The molecule has 0 saturated carbocycles. The van der Waals surface area contributed by atoms with Gasteiger partial charge in [0.25, 0.3) is 0 Å². The number of hydrogen-bond acceptors (Lipinski definition) is 4. The molecule has 0 spiro atoms. The summed E-state index contributed by atoms with van der Waals surface area (Å²) >= 11 is 3.51. The van der Waals surface area contributed by atoms with Gasteiger partial charge >= 0.3 is 5.97 Å². The molecule has 0 rings (SSSR count). The van der Waals surface area contributed by atoms with Crippen molar-refractivity contribution in [3.05, 3.63) is 4.91 Å². The third-order valence-corrected chi connectivity index (χ3v) is 0.917. The Morgan fingerprint density at radius 2 is 2.38 bits per heavy atom. The maximum Gasteiger partial charge on any atom is 0.318 e. The molecule has 0 aliphatic carbocycles. The smallest absolute Gasteiger partial charge is 0.318 e. The van der Waals surface area contributed by atoms with Crippen LogP contribution < -0.4 is 0 Å². The van der Waals surface area contributed by atoms with Gasteiger partial charge in [-0.15, -0.1) is 0 Å². The van der Waals surface area contributed by atoms with E-state index < -0.39 is 11.2 Å². The molecule has 0 heterocycles. The average molecular weight is 135 g/mol. The number of thiol groups is 1. The monoisotopic (exact) mass is 135 g/mol. The normalized spacial score (nSPS) is 12.6. The molecule has 46 valence electrons. The molecule has 0 aromatic heterocycles. The fourth-order valence-electron chi connectivity index (χ4n) is 0.149. The Hall–Kier alpha value is -0.580. The molecular weight excluding hydrogens is 130 g/mol.